The molecule has 0 aliphatic heterocycles. The second-order valence-electron chi connectivity index (χ2n) is 5.98. The summed E-state index contributed by atoms with van der Waals surface area (Å²) in [6, 6.07) is 5.21. The van der Waals surface area contributed by atoms with Crippen LogP contribution in [0.25, 0.3) is 5.69 Å². The maximum atomic E-state index is 12.6. The number of pyridine rings is 1. The molecule has 1 N–H and O–H groups in total. The summed E-state index contributed by atoms with van der Waals surface area (Å²) in [5, 5.41) is 10.1. The highest BCUT2D eigenvalue weighted by Gasteiger charge is 2.46. The van der Waals surface area contributed by atoms with Gasteiger partial charge in [-0.3, -0.25) is 9.55 Å². The summed E-state index contributed by atoms with van der Waals surface area (Å²) < 4.78 is 62.8. The topological polar surface area (TPSA) is 94.2 Å². The predicted molar refractivity (Wildman–Crippen MR) is 93.0 cm³/mol. The molecule has 28 heavy (non-hydrogen) atoms. The smallest absolute Gasteiger partial charge is 0.493 e. The molecule has 0 spiro atoms. The van der Waals surface area contributed by atoms with Gasteiger partial charge in [-0.05, 0) is 48.4 Å². The van der Waals surface area contributed by atoms with Crippen LogP contribution in [-0.2, 0) is 16.4 Å². The summed E-state index contributed by atoms with van der Waals surface area (Å²) in [4.78, 5) is 15.6. The number of nitrogens with zero attached hydrogens (tertiary/aromatic N) is 3. The molecule has 0 saturated heterocycles. The Morgan fingerprint density at radius 2 is 1.79 bits per heavy atom. The lowest BCUT2D eigenvalue weighted by Crippen LogP contribution is -2.24. The molecule has 0 aliphatic carbocycles. The fourth-order valence-electron chi connectivity index (χ4n) is 2.61. The molecule has 0 atom stereocenters. The van der Waals surface area contributed by atoms with Gasteiger partial charge in [-0.2, -0.15) is 13.2 Å². The van der Waals surface area contributed by atoms with Gasteiger partial charge in [0, 0.05) is 12.4 Å². The molecule has 3 aromatic rings. The second kappa shape index (κ2) is 6.82. The molecule has 0 unspecified atom stereocenters. The fourth-order valence-corrected chi connectivity index (χ4v) is 3.37. The Kier molecular flexibility index (Phi) is 4.79. The summed E-state index contributed by atoms with van der Waals surface area (Å²) in [6.45, 7) is 1.96. The first kappa shape index (κ1) is 19.7. The van der Waals surface area contributed by atoms with E-state index >= 15 is 0 Å². The highest BCUT2D eigenvalue weighted by Crippen LogP contribution is 2.30. The van der Waals surface area contributed by atoms with Crippen LogP contribution in [0.1, 0.15) is 11.1 Å². The molecule has 1 aromatic carbocycles. The van der Waals surface area contributed by atoms with Crippen LogP contribution in [0, 0.1) is 6.92 Å². The van der Waals surface area contributed by atoms with Gasteiger partial charge in [0.15, 0.2) is 0 Å². The maximum Gasteiger partial charge on any atom is 0.501 e. The Morgan fingerprint density at radius 3 is 2.36 bits per heavy atom. The largest absolute Gasteiger partial charge is 0.501 e. The Balaban J connectivity index is 1.98. The molecular weight excluding hydrogens is 399 g/mol. The van der Waals surface area contributed by atoms with Gasteiger partial charge in [0.05, 0.1) is 23.3 Å². The van der Waals surface area contributed by atoms with Gasteiger partial charge < -0.3 is 5.11 Å². The Hall–Kier alpha value is -3.08. The third-order valence-corrected chi connectivity index (χ3v) is 5.63. The number of alkyl halides is 3. The van der Waals surface area contributed by atoms with Crippen molar-refractivity contribution in [2.75, 3.05) is 0 Å². The average Bonchev–Trinajstić information content (AvgIpc) is 2.89. The van der Waals surface area contributed by atoms with E-state index in [0.717, 1.165) is 40.0 Å². The monoisotopic (exact) mass is 413 g/mol. The van der Waals surface area contributed by atoms with Gasteiger partial charge in [-0.1, -0.05) is 0 Å². The number of hydrogen-bond donors (Lipinski definition) is 1. The van der Waals surface area contributed by atoms with Crippen LogP contribution in [-0.4, -0.2) is 33.2 Å². The highest BCUT2D eigenvalue weighted by atomic mass is 32.2. The number of benzene rings is 1. The maximum absolute atomic E-state index is 12.6. The van der Waals surface area contributed by atoms with Crippen LogP contribution >= 0.6 is 0 Å². The molecule has 0 bridgehead atoms. The van der Waals surface area contributed by atoms with Crippen molar-refractivity contribution in [3.8, 4) is 11.6 Å². The van der Waals surface area contributed by atoms with Crippen molar-refractivity contribution >= 4 is 9.84 Å². The van der Waals surface area contributed by atoms with E-state index < -0.39 is 31.8 Å². The lowest BCUT2D eigenvalue weighted by molar-refractivity contribution is -0.0436. The minimum atomic E-state index is -5.50. The average molecular weight is 413 g/mol. The third kappa shape index (κ3) is 3.40. The quantitative estimate of drug-likeness (QED) is 0.709. The zero-order valence-electron chi connectivity index (χ0n) is 14.4. The number of aromatic hydroxyl groups is 1. The third-order valence-electron chi connectivity index (χ3n) is 4.12. The van der Waals surface area contributed by atoms with Crippen molar-refractivity contribution in [1.82, 2.24) is 14.1 Å². The standard InChI is InChI=1S/C17H14F3N3O4S/c1-11-8-21-7-6-12(11)9-22-10-15(24)23(16(22)25)13-2-4-14(5-3-13)28(26,27)17(18,19)20/h2-8,10,24H,9H2,1H3. The van der Waals surface area contributed by atoms with E-state index in [9.17, 15) is 31.5 Å². The number of hydrogen-bond acceptors (Lipinski definition) is 5. The van der Waals surface area contributed by atoms with Gasteiger partial charge in [-0.25, -0.2) is 17.8 Å². The van der Waals surface area contributed by atoms with Crippen LogP contribution < -0.4 is 5.69 Å². The van der Waals surface area contributed by atoms with E-state index in [4.69, 9.17) is 0 Å². The number of sulfone groups is 1. The molecule has 7 nitrogen and oxygen atoms in total. The summed E-state index contributed by atoms with van der Waals surface area (Å²) in [5.74, 6) is -0.442. The van der Waals surface area contributed by atoms with Gasteiger partial charge in [0.1, 0.15) is 0 Å². The molecule has 0 radical (unpaired) electrons. The van der Waals surface area contributed by atoms with E-state index in [2.05, 4.69) is 4.98 Å². The van der Waals surface area contributed by atoms with Crippen LogP contribution in [0.15, 0.2) is 58.6 Å². The molecule has 3 rings (SSSR count). The summed E-state index contributed by atoms with van der Waals surface area (Å²) in [5.41, 5.74) is -4.42. The number of halogens is 3. The molecule has 0 amide bonds. The SMILES string of the molecule is Cc1cnccc1Cn1cc(O)n(-c2ccc(S(=O)(=O)C(F)(F)F)cc2)c1=O. The zero-order chi connectivity index (χ0) is 20.7. The van der Waals surface area contributed by atoms with Crippen LogP contribution in [0.5, 0.6) is 5.88 Å². The van der Waals surface area contributed by atoms with Crippen LogP contribution in [0.2, 0.25) is 0 Å². The molecule has 0 saturated carbocycles. The van der Waals surface area contributed by atoms with E-state index in [1.807, 2.05) is 6.92 Å². The highest BCUT2D eigenvalue weighted by molar-refractivity contribution is 7.92. The Morgan fingerprint density at radius 1 is 1.14 bits per heavy atom. The van der Waals surface area contributed by atoms with Crippen molar-refractivity contribution in [2.24, 2.45) is 0 Å². The number of aromatic nitrogens is 3. The van der Waals surface area contributed by atoms with Crippen molar-refractivity contribution < 1.29 is 26.7 Å². The van der Waals surface area contributed by atoms with Gasteiger partial charge >= 0.3 is 11.2 Å². The lowest BCUT2D eigenvalue weighted by Gasteiger charge is -2.09. The van der Waals surface area contributed by atoms with E-state index in [-0.39, 0.29) is 12.2 Å². The Bertz CT molecular complexity index is 1180. The van der Waals surface area contributed by atoms with Crippen LogP contribution in [0.4, 0.5) is 13.2 Å². The molecule has 0 fully saturated rings. The summed E-state index contributed by atoms with van der Waals surface area (Å²) in [6.07, 6.45) is 4.36. The minimum absolute atomic E-state index is 0.0221. The number of imidazole rings is 1. The fraction of sp³-hybridized carbons (Fsp3) is 0.176. The predicted octanol–water partition coefficient (Wildman–Crippen LogP) is 2.39. The van der Waals surface area contributed by atoms with Gasteiger partial charge in [0.25, 0.3) is 9.84 Å². The number of aryl methyl sites for hydroxylation is 1. The minimum Gasteiger partial charge on any atom is -0.493 e. The van der Waals surface area contributed by atoms with E-state index in [0.29, 0.717) is 0 Å². The van der Waals surface area contributed by atoms with Crippen LogP contribution in [0.3, 0.4) is 0 Å². The molecule has 2 heterocycles. The first-order valence-electron chi connectivity index (χ1n) is 7.85. The summed E-state index contributed by atoms with van der Waals surface area (Å²) in [7, 11) is -5.50. The molecular formula is C17H14F3N3O4S. The van der Waals surface area contributed by atoms with Crippen molar-refractivity contribution in [3.63, 3.8) is 0 Å². The number of rotatable bonds is 4. The summed E-state index contributed by atoms with van der Waals surface area (Å²) >= 11 is 0. The van der Waals surface area contributed by atoms with Gasteiger partial charge in [-0.15, -0.1) is 0 Å². The Labute approximate surface area is 157 Å². The van der Waals surface area contributed by atoms with E-state index in [1.54, 1.807) is 18.5 Å². The zero-order valence-corrected chi connectivity index (χ0v) is 15.2. The molecule has 11 heteroatoms. The van der Waals surface area contributed by atoms with Crippen molar-refractivity contribution in [3.05, 3.63) is 70.5 Å². The molecule has 148 valence electrons. The lowest BCUT2D eigenvalue weighted by atomic mass is 10.1. The normalized spacial score (nSPS) is 12.3. The van der Waals surface area contributed by atoms with Crippen molar-refractivity contribution in [1.29, 1.82) is 0 Å². The molecule has 2 aromatic heterocycles. The van der Waals surface area contributed by atoms with Crippen molar-refractivity contribution in [2.45, 2.75) is 23.9 Å². The first-order valence-corrected chi connectivity index (χ1v) is 9.33. The van der Waals surface area contributed by atoms with Gasteiger partial charge in [0.2, 0.25) is 5.88 Å². The second-order valence-corrected chi connectivity index (χ2v) is 7.92. The molecule has 0 aliphatic rings. The van der Waals surface area contributed by atoms with E-state index in [1.165, 1.54) is 10.8 Å². The first-order chi connectivity index (χ1) is 13.0.